The minimum atomic E-state index is -4.90. The van der Waals surface area contributed by atoms with Gasteiger partial charge in [-0.15, -0.1) is 13.2 Å². The molecule has 3 aromatic rings. The van der Waals surface area contributed by atoms with Crippen molar-refractivity contribution in [1.29, 1.82) is 0 Å². The van der Waals surface area contributed by atoms with Gasteiger partial charge in [-0.05, 0) is 51.1 Å². The molecule has 0 unspecified atom stereocenters. The number of halogens is 4. The molecule has 170 valence electrons. The Morgan fingerprint density at radius 3 is 2.47 bits per heavy atom. The topological polar surface area (TPSA) is 49.2 Å². The van der Waals surface area contributed by atoms with E-state index in [1.807, 2.05) is 37.5 Å². The summed E-state index contributed by atoms with van der Waals surface area (Å²) < 4.78 is 63.4. The van der Waals surface area contributed by atoms with Crippen molar-refractivity contribution in [2.24, 2.45) is 0 Å². The van der Waals surface area contributed by atoms with Gasteiger partial charge in [0.2, 0.25) is 0 Å². The molecule has 0 N–H and O–H groups in total. The highest BCUT2D eigenvalue weighted by atomic mass is 19.4. The summed E-state index contributed by atoms with van der Waals surface area (Å²) in [5.74, 6) is -0.00330. The second kappa shape index (κ2) is 8.54. The summed E-state index contributed by atoms with van der Waals surface area (Å²) in [5.41, 5.74) is 4.67. The fourth-order valence-corrected chi connectivity index (χ4v) is 4.07. The van der Waals surface area contributed by atoms with E-state index in [-0.39, 0.29) is 11.7 Å². The van der Waals surface area contributed by atoms with Crippen LogP contribution in [-0.2, 0) is 24.4 Å². The summed E-state index contributed by atoms with van der Waals surface area (Å²) in [7, 11) is 0. The summed E-state index contributed by atoms with van der Waals surface area (Å²) in [6.45, 7) is 5.71. The van der Waals surface area contributed by atoms with Gasteiger partial charge in [0.15, 0.2) is 0 Å². The number of aromatic nitrogens is 3. The molecule has 1 aliphatic heterocycles. The molecule has 1 atom stereocenters. The van der Waals surface area contributed by atoms with Crippen LogP contribution in [0.25, 0.3) is 22.6 Å². The molecule has 3 heterocycles. The van der Waals surface area contributed by atoms with Gasteiger partial charge >= 0.3 is 6.36 Å². The molecule has 32 heavy (non-hydrogen) atoms. The molecule has 0 spiro atoms. The lowest BCUT2D eigenvalue weighted by Crippen LogP contribution is -2.18. The first kappa shape index (κ1) is 22.3. The van der Waals surface area contributed by atoms with E-state index in [4.69, 9.17) is 9.72 Å². The van der Waals surface area contributed by atoms with Crippen LogP contribution in [0.2, 0.25) is 0 Å². The van der Waals surface area contributed by atoms with Gasteiger partial charge in [-0.25, -0.2) is 9.37 Å². The van der Waals surface area contributed by atoms with E-state index in [9.17, 15) is 17.6 Å². The molecule has 4 rings (SSSR count). The summed E-state index contributed by atoms with van der Waals surface area (Å²) >= 11 is 0. The summed E-state index contributed by atoms with van der Waals surface area (Å²) in [6, 6.07) is 7.86. The molecule has 0 fully saturated rings. The Morgan fingerprint density at radius 2 is 1.81 bits per heavy atom. The number of benzene rings is 1. The third-order valence-corrected chi connectivity index (χ3v) is 5.30. The highest BCUT2D eigenvalue weighted by Gasteiger charge is 2.32. The summed E-state index contributed by atoms with van der Waals surface area (Å²) in [6.07, 6.45) is -4.35. The van der Waals surface area contributed by atoms with Crippen molar-refractivity contribution >= 4 is 0 Å². The molecule has 0 saturated carbocycles. The van der Waals surface area contributed by atoms with Crippen LogP contribution in [0.5, 0.6) is 5.75 Å². The predicted octanol–water partition coefficient (Wildman–Crippen LogP) is 5.56. The van der Waals surface area contributed by atoms with Crippen molar-refractivity contribution in [3.8, 4) is 28.4 Å². The predicted molar refractivity (Wildman–Crippen MR) is 111 cm³/mol. The van der Waals surface area contributed by atoms with Gasteiger partial charge in [-0.2, -0.15) is 0 Å². The normalized spacial score (nSPS) is 16.5. The van der Waals surface area contributed by atoms with E-state index in [0.717, 1.165) is 34.4 Å². The maximum atomic E-state index is 13.6. The second-order valence-electron chi connectivity index (χ2n) is 7.92. The monoisotopic (exact) mass is 449 g/mol. The van der Waals surface area contributed by atoms with Crippen LogP contribution >= 0.6 is 0 Å². The zero-order valence-electron chi connectivity index (χ0n) is 18.0. The van der Waals surface area contributed by atoms with E-state index in [0.29, 0.717) is 31.0 Å². The molecular weight excluding hydrogens is 426 g/mol. The number of rotatable bonds is 4. The molecule has 0 bridgehead atoms. The minimum Gasteiger partial charge on any atom is -0.405 e. The van der Waals surface area contributed by atoms with Crippen LogP contribution in [0.15, 0.2) is 30.3 Å². The lowest BCUT2D eigenvalue weighted by Gasteiger charge is -2.15. The van der Waals surface area contributed by atoms with E-state index in [1.165, 1.54) is 12.1 Å². The molecule has 0 saturated heterocycles. The van der Waals surface area contributed by atoms with Crippen LogP contribution < -0.4 is 4.74 Å². The highest BCUT2D eigenvalue weighted by molar-refractivity contribution is 5.70. The van der Waals surface area contributed by atoms with Crippen molar-refractivity contribution in [1.82, 2.24) is 14.5 Å². The van der Waals surface area contributed by atoms with E-state index >= 15 is 0 Å². The van der Waals surface area contributed by atoms with Crippen LogP contribution in [0.4, 0.5) is 17.6 Å². The zero-order valence-corrected chi connectivity index (χ0v) is 18.0. The number of hydrogen-bond donors (Lipinski definition) is 0. The SMILES string of the molecule is Cc1cc(-c2nc(-c3ccc(OC(F)(F)F)c(CF)c3)n3c2CCO[C@H](C)C3)cc(C)n1. The van der Waals surface area contributed by atoms with Gasteiger partial charge in [0, 0.05) is 40.2 Å². The van der Waals surface area contributed by atoms with Gasteiger partial charge in [-0.1, -0.05) is 0 Å². The Labute approximate surface area is 183 Å². The van der Waals surface area contributed by atoms with E-state index in [2.05, 4.69) is 9.72 Å². The number of alkyl halides is 4. The Balaban J connectivity index is 1.87. The quantitative estimate of drug-likeness (QED) is 0.490. The first-order chi connectivity index (χ1) is 15.1. The first-order valence-electron chi connectivity index (χ1n) is 10.3. The van der Waals surface area contributed by atoms with Gasteiger partial charge in [0.25, 0.3) is 0 Å². The standard InChI is InChI=1S/C23H23F4N3O2/c1-13-8-17(9-14(2)28-13)21-19-6-7-31-15(3)12-30(19)22(29-21)16-4-5-20(18(10-16)11-24)32-23(25,26)27/h4-5,8-10,15H,6-7,11-12H2,1-3H3/t15-/m1/s1. The van der Waals surface area contributed by atoms with Crippen LogP contribution in [0, 0.1) is 13.8 Å². The van der Waals surface area contributed by atoms with Crippen LogP contribution in [0.3, 0.4) is 0 Å². The van der Waals surface area contributed by atoms with Crippen molar-refractivity contribution in [2.75, 3.05) is 6.61 Å². The molecule has 5 nitrogen and oxygen atoms in total. The van der Waals surface area contributed by atoms with Crippen molar-refractivity contribution in [3.63, 3.8) is 0 Å². The van der Waals surface area contributed by atoms with Gasteiger partial charge in [0.05, 0.1) is 24.9 Å². The molecule has 1 aromatic carbocycles. The summed E-state index contributed by atoms with van der Waals surface area (Å²) in [4.78, 5) is 9.29. The Kier molecular flexibility index (Phi) is 5.94. The first-order valence-corrected chi connectivity index (χ1v) is 10.3. The van der Waals surface area contributed by atoms with Crippen molar-refractivity contribution in [3.05, 3.63) is 53.0 Å². The fraction of sp³-hybridized carbons (Fsp3) is 0.391. The maximum Gasteiger partial charge on any atom is 0.573 e. The minimum absolute atomic E-state index is 0.0774. The Morgan fingerprint density at radius 1 is 1.09 bits per heavy atom. The molecule has 0 amide bonds. The highest BCUT2D eigenvalue weighted by Crippen LogP contribution is 2.35. The van der Waals surface area contributed by atoms with E-state index < -0.39 is 18.8 Å². The average molecular weight is 449 g/mol. The molecule has 1 aliphatic rings. The molecule has 0 aliphatic carbocycles. The number of hydrogen-bond acceptors (Lipinski definition) is 4. The number of pyridine rings is 1. The summed E-state index contributed by atoms with van der Waals surface area (Å²) in [5, 5.41) is 0. The average Bonchev–Trinajstić information content (AvgIpc) is 2.93. The lowest BCUT2D eigenvalue weighted by atomic mass is 10.1. The number of nitrogens with zero attached hydrogens (tertiary/aromatic N) is 3. The lowest BCUT2D eigenvalue weighted by molar-refractivity contribution is -0.275. The fourth-order valence-electron chi connectivity index (χ4n) is 4.07. The molecule has 2 aromatic heterocycles. The van der Waals surface area contributed by atoms with E-state index in [1.54, 1.807) is 0 Å². The van der Waals surface area contributed by atoms with Crippen LogP contribution in [-0.4, -0.2) is 33.6 Å². The number of ether oxygens (including phenoxy) is 2. The Bertz CT molecular complexity index is 1120. The molecule has 9 heteroatoms. The second-order valence-corrected chi connectivity index (χ2v) is 7.92. The van der Waals surface area contributed by atoms with Gasteiger partial charge < -0.3 is 14.0 Å². The Hall–Kier alpha value is -2.94. The smallest absolute Gasteiger partial charge is 0.405 e. The van der Waals surface area contributed by atoms with Crippen molar-refractivity contribution < 1.29 is 27.0 Å². The number of fused-ring (bicyclic) bond motifs is 1. The van der Waals surface area contributed by atoms with Crippen LogP contribution in [0.1, 0.15) is 29.6 Å². The molecular formula is C23H23F4N3O2. The van der Waals surface area contributed by atoms with Crippen molar-refractivity contribution in [2.45, 2.75) is 52.9 Å². The zero-order chi connectivity index (χ0) is 23.0. The third-order valence-electron chi connectivity index (χ3n) is 5.30. The maximum absolute atomic E-state index is 13.6. The number of imidazole rings is 1. The largest absolute Gasteiger partial charge is 0.573 e. The molecule has 0 radical (unpaired) electrons. The number of aryl methyl sites for hydroxylation is 2. The van der Waals surface area contributed by atoms with Gasteiger partial charge in [0.1, 0.15) is 18.2 Å². The van der Waals surface area contributed by atoms with Gasteiger partial charge in [-0.3, -0.25) is 4.98 Å². The third kappa shape index (κ3) is 4.62.